The molecule has 1 aliphatic carbocycles. The lowest BCUT2D eigenvalue weighted by molar-refractivity contribution is -0.141. The smallest absolute Gasteiger partial charge is 0.339 e. The minimum atomic E-state index is -4.59. The second-order valence-electron chi connectivity index (χ2n) is 7.52. The van der Waals surface area contributed by atoms with Gasteiger partial charge in [0.25, 0.3) is 0 Å². The van der Waals surface area contributed by atoms with Crippen LogP contribution in [0.5, 0.6) is 0 Å². The number of hydrogen-bond donors (Lipinski definition) is 0. The molecule has 0 fully saturated rings. The average molecular weight is 395 g/mol. The van der Waals surface area contributed by atoms with E-state index in [4.69, 9.17) is 4.52 Å². The van der Waals surface area contributed by atoms with Gasteiger partial charge in [0, 0.05) is 32.1 Å². The molecule has 0 aromatic carbocycles. The molecule has 0 spiro atoms. The van der Waals surface area contributed by atoms with Gasteiger partial charge in [0.15, 0.2) is 5.69 Å². The molecular formula is C17H20F3N7O. The first kappa shape index (κ1) is 18.6. The number of nitrogens with zero attached hydrogens (tertiary/aromatic N) is 7. The van der Waals surface area contributed by atoms with Crippen molar-refractivity contribution in [1.82, 2.24) is 34.9 Å². The summed E-state index contributed by atoms with van der Waals surface area (Å²) < 4.78 is 47.9. The van der Waals surface area contributed by atoms with Gasteiger partial charge in [0.2, 0.25) is 11.7 Å². The van der Waals surface area contributed by atoms with Crippen LogP contribution in [0.4, 0.5) is 13.2 Å². The van der Waals surface area contributed by atoms with Gasteiger partial charge < -0.3 is 4.52 Å². The number of fused-ring (bicyclic) bond motifs is 1. The van der Waals surface area contributed by atoms with Crippen molar-refractivity contribution in [1.29, 1.82) is 0 Å². The summed E-state index contributed by atoms with van der Waals surface area (Å²) in [6.07, 6.45) is -1.27. The third kappa shape index (κ3) is 3.40. The van der Waals surface area contributed by atoms with Crippen molar-refractivity contribution in [2.24, 2.45) is 13.0 Å². The van der Waals surface area contributed by atoms with Crippen LogP contribution in [0.3, 0.4) is 0 Å². The van der Waals surface area contributed by atoms with Crippen LogP contribution < -0.4 is 0 Å². The number of rotatable bonds is 4. The van der Waals surface area contributed by atoms with E-state index in [1.165, 1.54) is 13.2 Å². The first-order chi connectivity index (χ1) is 13.2. The van der Waals surface area contributed by atoms with Crippen LogP contribution in [-0.2, 0) is 32.6 Å². The molecule has 28 heavy (non-hydrogen) atoms. The Morgan fingerprint density at radius 2 is 2.11 bits per heavy atom. The maximum Gasteiger partial charge on any atom is 0.435 e. The maximum absolute atomic E-state index is 13.2. The van der Waals surface area contributed by atoms with E-state index in [1.54, 1.807) is 0 Å². The fourth-order valence-corrected chi connectivity index (χ4v) is 3.51. The summed E-state index contributed by atoms with van der Waals surface area (Å²) in [5, 5.41) is 15.7. The van der Waals surface area contributed by atoms with E-state index in [1.807, 2.05) is 4.68 Å². The Morgan fingerprint density at radius 1 is 1.32 bits per heavy atom. The lowest BCUT2D eigenvalue weighted by Crippen LogP contribution is -2.18. The number of hydrogen-bond acceptors (Lipinski definition) is 6. The van der Waals surface area contributed by atoms with Crippen molar-refractivity contribution < 1.29 is 17.7 Å². The van der Waals surface area contributed by atoms with Crippen molar-refractivity contribution in [3.05, 3.63) is 29.2 Å². The second-order valence-corrected chi connectivity index (χ2v) is 7.52. The van der Waals surface area contributed by atoms with Crippen molar-refractivity contribution in [2.45, 2.75) is 51.7 Å². The van der Waals surface area contributed by atoms with Gasteiger partial charge in [-0.25, -0.2) is 4.68 Å². The molecule has 4 rings (SSSR count). The fraction of sp³-hybridized carbons (Fsp3) is 0.588. The molecule has 1 unspecified atom stereocenters. The van der Waals surface area contributed by atoms with E-state index < -0.39 is 11.9 Å². The SMILES string of the molecule is CC(C)Cn1nnc2c1CC(c1nc(-c3cn(C)nc3C(F)(F)F)no1)CC2. The molecule has 0 saturated carbocycles. The molecule has 0 radical (unpaired) electrons. The highest BCUT2D eigenvalue weighted by Crippen LogP contribution is 2.36. The van der Waals surface area contributed by atoms with Gasteiger partial charge in [0.1, 0.15) is 0 Å². The molecule has 8 nitrogen and oxygen atoms in total. The molecular weight excluding hydrogens is 375 g/mol. The summed E-state index contributed by atoms with van der Waals surface area (Å²) >= 11 is 0. The van der Waals surface area contributed by atoms with Crippen LogP contribution in [0.15, 0.2) is 10.7 Å². The highest BCUT2D eigenvalue weighted by Gasteiger charge is 2.39. The molecule has 3 aromatic rings. The van der Waals surface area contributed by atoms with Crippen molar-refractivity contribution in [3.8, 4) is 11.4 Å². The number of halogens is 3. The highest BCUT2D eigenvalue weighted by molar-refractivity contribution is 5.57. The minimum absolute atomic E-state index is 0.0795. The van der Waals surface area contributed by atoms with Gasteiger partial charge in [-0.1, -0.05) is 24.2 Å². The largest absolute Gasteiger partial charge is 0.435 e. The zero-order valence-electron chi connectivity index (χ0n) is 15.7. The standard InChI is InChI=1S/C17H20F3N7O/c1-9(2)7-27-13-6-10(4-5-12(13)22-25-27)16-21-15(24-28-16)11-8-26(3)23-14(11)17(18,19)20/h8-10H,4-7H2,1-3H3. The Balaban J connectivity index is 1.61. The Bertz CT molecular complexity index is 985. The van der Waals surface area contributed by atoms with Gasteiger partial charge >= 0.3 is 6.18 Å². The zero-order chi connectivity index (χ0) is 20.1. The van der Waals surface area contributed by atoms with E-state index in [2.05, 4.69) is 39.4 Å². The molecule has 0 N–H and O–H groups in total. The molecule has 0 saturated heterocycles. The van der Waals surface area contributed by atoms with Gasteiger partial charge in [0.05, 0.1) is 17.0 Å². The van der Waals surface area contributed by atoms with Gasteiger partial charge in [-0.2, -0.15) is 23.3 Å². The van der Waals surface area contributed by atoms with Crippen LogP contribution in [-0.4, -0.2) is 34.9 Å². The van der Waals surface area contributed by atoms with E-state index in [0.717, 1.165) is 35.5 Å². The molecule has 0 bridgehead atoms. The second kappa shape index (κ2) is 6.71. The van der Waals surface area contributed by atoms with Crippen LogP contribution >= 0.6 is 0 Å². The van der Waals surface area contributed by atoms with E-state index >= 15 is 0 Å². The quantitative estimate of drug-likeness (QED) is 0.675. The lowest BCUT2D eigenvalue weighted by atomic mass is 9.89. The molecule has 1 aliphatic rings. The van der Waals surface area contributed by atoms with Gasteiger partial charge in [-0.3, -0.25) is 4.68 Å². The Morgan fingerprint density at radius 3 is 2.82 bits per heavy atom. The van der Waals surface area contributed by atoms with Crippen molar-refractivity contribution in [3.63, 3.8) is 0 Å². The molecule has 0 amide bonds. The third-order valence-corrected chi connectivity index (χ3v) is 4.75. The summed E-state index contributed by atoms with van der Waals surface area (Å²) in [4.78, 5) is 4.26. The number of aryl methyl sites for hydroxylation is 2. The monoisotopic (exact) mass is 395 g/mol. The Hall–Kier alpha value is -2.72. The first-order valence-electron chi connectivity index (χ1n) is 9.08. The summed E-state index contributed by atoms with van der Waals surface area (Å²) in [5.74, 6) is 0.571. The van der Waals surface area contributed by atoms with E-state index in [9.17, 15) is 13.2 Å². The maximum atomic E-state index is 13.2. The molecule has 3 heterocycles. The van der Waals surface area contributed by atoms with Crippen LogP contribution in [0.2, 0.25) is 0 Å². The third-order valence-electron chi connectivity index (χ3n) is 4.75. The van der Waals surface area contributed by atoms with Crippen molar-refractivity contribution in [2.75, 3.05) is 0 Å². The van der Waals surface area contributed by atoms with E-state index in [-0.39, 0.29) is 17.3 Å². The predicted molar refractivity (Wildman–Crippen MR) is 91.1 cm³/mol. The predicted octanol–water partition coefficient (Wildman–Crippen LogP) is 3.01. The van der Waals surface area contributed by atoms with Crippen molar-refractivity contribution >= 4 is 0 Å². The minimum Gasteiger partial charge on any atom is -0.339 e. The first-order valence-corrected chi connectivity index (χ1v) is 9.08. The summed E-state index contributed by atoms with van der Waals surface area (Å²) in [5.41, 5.74) is 0.783. The molecule has 0 aliphatic heterocycles. The van der Waals surface area contributed by atoms with Gasteiger partial charge in [-0.05, 0) is 18.8 Å². The Labute approximate surface area is 158 Å². The summed E-state index contributed by atoms with van der Waals surface area (Å²) in [6.45, 7) is 4.96. The van der Waals surface area contributed by atoms with E-state index in [0.29, 0.717) is 18.2 Å². The van der Waals surface area contributed by atoms with Crippen LogP contribution in [0.1, 0.15) is 49.2 Å². The normalized spacial score (nSPS) is 17.3. The zero-order valence-corrected chi connectivity index (χ0v) is 15.7. The van der Waals surface area contributed by atoms with Crippen LogP contribution in [0.25, 0.3) is 11.4 Å². The van der Waals surface area contributed by atoms with Gasteiger partial charge in [-0.15, -0.1) is 5.10 Å². The molecule has 11 heteroatoms. The number of alkyl halides is 3. The molecule has 150 valence electrons. The summed E-state index contributed by atoms with van der Waals surface area (Å²) in [7, 11) is 1.42. The van der Waals surface area contributed by atoms with Crippen LogP contribution in [0, 0.1) is 5.92 Å². The fourth-order valence-electron chi connectivity index (χ4n) is 3.51. The highest BCUT2D eigenvalue weighted by atomic mass is 19.4. The number of aromatic nitrogens is 7. The average Bonchev–Trinajstić information content (AvgIpc) is 3.32. The molecule has 3 aromatic heterocycles. The Kier molecular flexibility index (Phi) is 4.47. The molecule has 1 atom stereocenters. The lowest BCUT2D eigenvalue weighted by Gasteiger charge is -2.19. The topological polar surface area (TPSA) is 87.5 Å². The summed E-state index contributed by atoms with van der Waals surface area (Å²) in [6, 6.07) is 0.